The summed E-state index contributed by atoms with van der Waals surface area (Å²) in [5, 5.41) is 2.98. The number of aryl methyl sites for hydroxylation is 2. The molecule has 0 aliphatic carbocycles. The third-order valence-corrected chi connectivity index (χ3v) is 4.46. The minimum absolute atomic E-state index is 0.0730. The maximum atomic E-state index is 12.6. The molecule has 0 saturated heterocycles. The molecule has 5 nitrogen and oxygen atoms in total. The van der Waals surface area contributed by atoms with Crippen LogP contribution in [0.15, 0.2) is 72.9 Å². The second kappa shape index (κ2) is 7.56. The Hall–Kier alpha value is -3.60. The molecule has 0 fully saturated rings. The molecule has 2 heterocycles. The van der Waals surface area contributed by atoms with Crippen molar-refractivity contribution in [3.8, 4) is 17.0 Å². The summed E-state index contributed by atoms with van der Waals surface area (Å²) in [4.78, 5) is 17.3. The molecule has 1 amide bonds. The van der Waals surface area contributed by atoms with E-state index in [9.17, 15) is 4.79 Å². The second-order valence-electron chi connectivity index (χ2n) is 6.76. The third kappa shape index (κ3) is 3.74. The number of nitrogens with zero attached hydrogens (tertiary/aromatic N) is 2. The lowest BCUT2D eigenvalue weighted by Crippen LogP contribution is -2.21. The van der Waals surface area contributed by atoms with Gasteiger partial charge >= 0.3 is 0 Å². The lowest BCUT2D eigenvalue weighted by Gasteiger charge is -2.10. The van der Waals surface area contributed by atoms with Gasteiger partial charge in [-0.2, -0.15) is 0 Å². The highest BCUT2D eigenvalue weighted by molar-refractivity contribution is 5.95. The van der Waals surface area contributed by atoms with Crippen LogP contribution in [-0.2, 0) is 4.79 Å². The number of carbonyl (C=O) groups is 1. The maximum absolute atomic E-state index is 12.6. The van der Waals surface area contributed by atoms with E-state index in [1.165, 1.54) is 5.56 Å². The molecular weight excluding hydrogens is 350 g/mol. The Balaban J connectivity index is 1.66. The number of anilines is 1. The Morgan fingerprint density at radius 3 is 2.43 bits per heavy atom. The molecule has 140 valence electrons. The molecule has 4 rings (SSSR count). The zero-order valence-electron chi connectivity index (χ0n) is 15.8. The molecule has 0 spiro atoms. The zero-order valence-corrected chi connectivity index (χ0v) is 15.8. The quantitative estimate of drug-likeness (QED) is 0.556. The first-order valence-electron chi connectivity index (χ1n) is 9.13. The molecule has 0 radical (unpaired) electrons. The molecule has 2 aromatic carbocycles. The summed E-state index contributed by atoms with van der Waals surface area (Å²) in [6.07, 6.45) is 1.97. The van der Waals surface area contributed by atoms with Gasteiger partial charge in [0.1, 0.15) is 22.9 Å². The van der Waals surface area contributed by atoms with Crippen molar-refractivity contribution in [2.45, 2.75) is 13.8 Å². The number of aromatic nitrogens is 2. The van der Waals surface area contributed by atoms with Crippen molar-refractivity contribution in [3.63, 3.8) is 0 Å². The smallest absolute Gasteiger partial charge is 0.263 e. The molecule has 5 heteroatoms. The minimum Gasteiger partial charge on any atom is -0.484 e. The fraction of sp³-hybridized carbons (Fsp3) is 0.130. The van der Waals surface area contributed by atoms with Crippen molar-refractivity contribution in [3.05, 3.63) is 84.1 Å². The summed E-state index contributed by atoms with van der Waals surface area (Å²) in [7, 11) is 0. The lowest BCUT2D eigenvalue weighted by atomic mass is 10.1. The number of amides is 1. The SMILES string of the molecule is Cc1ccc(-c2nc3ccc(C)cn3c2NC(=O)COc2ccccc2)cc1. The van der Waals surface area contributed by atoms with Gasteiger partial charge in [0.2, 0.25) is 0 Å². The Morgan fingerprint density at radius 2 is 1.68 bits per heavy atom. The molecule has 0 unspecified atom stereocenters. The van der Waals surface area contributed by atoms with Gasteiger partial charge in [-0.25, -0.2) is 4.98 Å². The molecule has 4 aromatic rings. The highest BCUT2D eigenvalue weighted by Gasteiger charge is 2.17. The molecular formula is C23H21N3O2. The number of nitrogens with one attached hydrogen (secondary N) is 1. The van der Waals surface area contributed by atoms with E-state index < -0.39 is 0 Å². The second-order valence-corrected chi connectivity index (χ2v) is 6.76. The number of pyridine rings is 1. The van der Waals surface area contributed by atoms with Crippen LogP contribution in [0, 0.1) is 13.8 Å². The normalized spacial score (nSPS) is 10.8. The van der Waals surface area contributed by atoms with Crippen LogP contribution in [0.5, 0.6) is 5.75 Å². The number of imidazole rings is 1. The van der Waals surface area contributed by atoms with Gasteiger partial charge in [-0.15, -0.1) is 0 Å². The lowest BCUT2D eigenvalue weighted by molar-refractivity contribution is -0.118. The number of hydrogen-bond donors (Lipinski definition) is 1. The van der Waals surface area contributed by atoms with E-state index in [-0.39, 0.29) is 12.5 Å². The van der Waals surface area contributed by atoms with Gasteiger partial charge in [0.25, 0.3) is 5.91 Å². The molecule has 2 aromatic heterocycles. The molecule has 0 saturated carbocycles. The average Bonchev–Trinajstić information content (AvgIpc) is 3.05. The standard InChI is InChI=1S/C23H21N3O2/c1-16-8-11-18(12-9-16)22-23(26-14-17(2)10-13-20(26)24-22)25-21(27)15-28-19-6-4-3-5-7-19/h3-14H,15H2,1-2H3,(H,25,27). The highest BCUT2D eigenvalue weighted by atomic mass is 16.5. The predicted molar refractivity (Wildman–Crippen MR) is 111 cm³/mol. The van der Waals surface area contributed by atoms with E-state index in [4.69, 9.17) is 9.72 Å². The molecule has 0 bridgehead atoms. The Kier molecular flexibility index (Phi) is 4.81. The van der Waals surface area contributed by atoms with Crippen molar-refractivity contribution in [2.75, 3.05) is 11.9 Å². The monoisotopic (exact) mass is 371 g/mol. The van der Waals surface area contributed by atoms with E-state index >= 15 is 0 Å². The highest BCUT2D eigenvalue weighted by Crippen LogP contribution is 2.29. The van der Waals surface area contributed by atoms with Crippen LogP contribution in [0.3, 0.4) is 0 Å². The van der Waals surface area contributed by atoms with Crippen LogP contribution in [0.1, 0.15) is 11.1 Å². The number of carbonyl (C=O) groups excluding carboxylic acids is 1. The zero-order chi connectivity index (χ0) is 19.5. The Bertz CT molecular complexity index is 1120. The minimum atomic E-state index is -0.236. The van der Waals surface area contributed by atoms with Gasteiger partial charge in [0, 0.05) is 11.8 Å². The number of hydrogen-bond acceptors (Lipinski definition) is 3. The van der Waals surface area contributed by atoms with E-state index in [1.807, 2.05) is 91.2 Å². The van der Waals surface area contributed by atoms with Gasteiger partial charge in [0.05, 0.1) is 0 Å². The molecule has 0 atom stereocenters. The first-order chi connectivity index (χ1) is 13.6. The number of benzene rings is 2. The van der Waals surface area contributed by atoms with E-state index in [0.29, 0.717) is 11.6 Å². The average molecular weight is 371 g/mol. The molecule has 0 aliphatic heterocycles. The fourth-order valence-corrected chi connectivity index (χ4v) is 3.02. The number of ether oxygens (including phenoxy) is 1. The van der Waals surface area contributed by atoms with Gasteiger partial charge in [-0.05, 0) is 37.6 Å². The first kappa shape index (κ1) is 17.8. The van der Waals surface area contributed by atoms with Crippen molar-refractivity contribution in [2.24, 2.45) is 0 Å². The molecule has 0 aliphatic rings. The maximum Gasteiger partial charge on any atom is 0.263 e. The summed E-state index contributed by atoms with van der Waals surface area (Å²) < 4.78 is 7.48. The van der Waals surface area contributed by atoms with Crippen molar-refractivity contribution in [1.82, 2.24) is 9.38 Å². The van der Waals surface area contributed by atoms with Gasteiger partial charge < -0.3 is 10.1 Å². The van der Waals surface area contributed by atoms with Crippen LogP contribution in [0.25, 0.3) is 16.9 Å². The predicted octanol–water partition coefficient (Wildman–Crippen LogP) is 4.64. The van der Waals surface area contributed by atoms with Crippen molar-refractivity contribution in [1.29, 1.82) is 0 Å². The van der Waals surface area contributed by atoms with Gasteiger partial charge in [-0.3, -0.25) is 9.20 Å². The van der Waals surface area contributed by atoms with Crippen molar-refractivity contribution < 1.29 is 9.53 Å². The summed E-state index contributed by atoms with van der Waals surface area (Å²) >= 11 is 0. The summed E-state index contributed by atoms with van der Waals surface area (Å²) in [6.45, 7) is 3.98. The van der Waals surface area contributed by atoms with Crippen LogP contribution < -0.4 is 10.1 Å². The van der Waals surface area contributed by atoms with Gasteiger partial charge in [-0.1, -0.05) is 54.1 Å². The summed E-state index contributed by atoms with van der Waals surface area (Å²) in [5.74, 6) is 1.06. The molecule has 1 N–H and O–H groups in total. The third-order valence-electron chi connectivity index (χ3n) is 4.46. The largest absolute Gasteiger partial charge is 0.484 e. The van der Waals surface area contributed by atoms with E-state index in [2.05, 4.69) is 5.32 Å². The van der Waals surface area contributed by atoms with E-state index in [1.54, 1.807) is 0 Å². The van der Waals surface area contributed by atoms with Crippen LogP contribution in [0.2, 0.25) is 0 Å². The summed E-state index contributed by atoms with van der Waals surface area (Å²) in [6, 6.07) is 21.3. The van der Waals surface area contributed by atoms with Gasteiger partial charge in [0.15, 0.2) is 6.61 Å². The van der Waals surface area contributed by atoms with Crippen LogP contribution in [-0.4, -0.2) is 21.9 Å². The first-order valence-corrected chi connectivity index (χ1v) is 9.13. The van der Waals surface area contributed by atoms with Crippen LogP contribution in [0.4, 0.5) is 5.82 Å². The fourth-order valence-electron chi connectivity index (χ4n) is 3.02. The Morgan fingerprint density at radius 1 is 0.964 bits per heavy atom. The number of fused-ring (bicyclic) bond motifs is 1. The van der Waals surface area contributed by atoms with Crippen molar-refractivity contribution >= 4 is 17.4 Å². The molecule has 28 heavy (non-hydrogen) atoms. The number of para-hydroxylation sites is 1. The Labute approximate surface area is 163 Å². The van der Waals surface area contributed by atoms with E-state index in [0.717, 1.165) is 22.5 Å². The number of rotatable bonds is 5. The summed E-state index contributed by atoms with van der Waals surface area (Å²) in [5.41, 5.74) is 4.71. The topological polar surface area (TPSA) is 55.6 Å². The van der Waals surface area contributed by atoms with Crippen LogP contribution >= 0.6 is 0 Å².